The molecule has 0 spiro atoms. The predicted molar refractivity (Wildman–Crippen MR) is 127 cm³/mol. The van der Waals surface area contributed by atoms with Crippen LogP contribution in [0.1, 0.15) is 21.6 Å². The van der Waals surface area contributed by atoms with Crippen molar-refractivity contribution in [3.8, 4) is 0 Å². The molecule has 5 rings (SSSR count). The second kappa shape index (κ2) is 7.55. The van der Waals surface area contributed by atoms with Gasteiger partial charge >= 0.3 is 0 Å². The first-order valence-corrected chi connectivity index (χ1v) is 10.4. The van der Waals surface area contributed by atoms with Gasteiger partial charge in [0, 0.05) is 22.2 Å². The summed E-state index contributed by atoms with van der Waals surface area (Å²) in [6.07, 6.45) is 1.51. The highest BCUT2D eigenvalue weighted by Crippen LogP contribution is 2.29. The molecule has 0 bridgehead atoms. The lowest BCUT2D eigenvalue weighted by Crippen LogP contribution is -2.51. The number of nitrogens with one attached hydrogen (secondary N) is 2. The normalized spacial score (nSPS) is 13.9. The molecule has 2 heterocycles. The van der Waals surface area contributed by atoms with Crippen molar-refractivity contribution >= 4 is 62.8 Å². The fourth-order valence-electron chi connectivity index (χ4n) is 4.04. The number of fused-ring (bicyclic) bond motifs is 2. The third kappa shape index (κ3) is 3.19. The molecule has 6 nitrogen and oxygen atoms in total. The molecule has 4 aromatic rings. The molecule has 156 valence electrons. The molecule has 1 aromatic heterocycles. The van der Waals surface area contributed by atoms with Gasteiger partial charge in [-0.25, -0.2) is 0 Å². The molecule has 0 saturated carbocycles. The van der Waals surface area contributed by atoms with Gasteiger partial charge in [0.1, 0.15) is 5.57 Å². The van der Waals surface area contributed by atoms with Crippen LogP contribution in [0, 0.1) is 6.92 Å². The molecule has 7 heteroatoms. The topological polar surface area (TPSA) is 80.2 Å². The van der Waals surface area contributed by atoms with Crippen LogP contribution < -0.4 is 10.6 Å². The Labute approximate surface area is 188 Å². The van der Waals surface area contributed by atoms with Crippen LogP contribution in [0.3, 0.4) is 0 Å². The van der Waals surface area contributed by atoms with E-state index in [4.69, 9.17) is 12.2 Å². The number of nitrogens with zero attached hydrogens (tertiary/aromatic N) is 1. The average Bonchev–Trinajstić information content (AvgIpc) is 3.06. The van der Waals surface area contributed by atoms with E-state index >= 15 is 0 Å². The number of carbonyl (C=O) groups excluding carboxylic acids is 3. The van der Waals surface area contributed by atoms with Gasteiger partial charge in [-0.15, -0.1) is 0 Å². The number of amides is 2. The molecule has 0 atom stereocenters. The molecule has 0 radical (unpaired) electrons. The first kappa shape index (κ1) is 19.8. The highest BCUT2D eigenvalue weighted by atomic mass is 32.1. The first-order valence-electron chi connectivity index (χ1n) is 9.96. The van der Waals surface area contributed by atoms with Gasteiger partial charge in [-0.05, 0) is 54.2 Å². The summed E-state index contributed by atoms with van der Waals surface area (Å²) >= 11 is 4.87. The zero-order valence-corrected chi connectivity index (χ0v) is 17.8. The van der Waals surface area contributed by atoms with Gasteiger partial charge in [-0.2, -0.15) is 0 Å². The third-order valence-electron chi connectivity index (χ3n) is 5.59. The van der Waals surface area contributed by atoms with Crippen molar-refractivity contribution < 1.29 is 14.4 Å². The number of thiocarbonyl (C=S) groups is 1. The van der Waals surface area contributed by atoms with Gasteiger partial charge in [-0.3, -0.25) is 29.6 Å². The Morgan fingerprint density at radius 3 is 2.31 bits per heavy atom. The summed E-state index contributed by atoms with van der Waals surface area (Å²) in [5.74, 6) is -1.33. The Bertz CT molecular complexity index is 1490. The maximum atomic E-state index is 13.6. The lowest BCUT2D eigenvalue weighted by molar-refractivity contribution is -0.123. The second-order valence-corrected chi connectivity index (χ2v) is 7.92. The fourth-order valence-corrected chi connectivity index (χ4v) is 4.22. The van der Waals surface area contributed by atoms with Crippen LogP contribution in [0.25, 0.3) is 27.8 Å². The number of rotatable bonds is 2. The van der Waals surface area contributed by atoms with Gasteiger partial charge in [-0.1, -0.05) is 48.5 Å². The molecular formula is C25H17N3O3S. The van der Waals surface area contributed by atoms with Gasteiger partial charge in [0.2, 0.25) is 0 Å². The maximum Gasteiger partial charge on any atom is 0.263 e. The molecule has 1 aliphatic heterocycles. The Kier molecular flexibility index (Phi) is 4.68. The van der Waals surface area contributed by atoms with Gasteiger partial charge in [0.25, 0.3) is 17.7 Å². The summed E-state index contributed by atoms with van der Waals surface area (Å²) < 4.78 is 1.62. The number of carbonyl (C=O) groups is 3. The molecule has 2 N–H and O–H groups in total. The number of para-hydroxylation sites is 1. The van der Waals surface area contributed by atoms with Crippen LogP contribution in [-0.4, -0.2) is 27.4 Å². The summed E-state index contributed by atoms with van der Waals surface area (Å²) in [6, 6.07) is 20.9. The van der Waals surface area contributed by atoms with E-state index in [9.17, 15) is 14.4 Å². The largest absolute Gasteiger partial charge is 0.299 e. The van der Waals surface area contributed by atoms with Crippen LogP contribution in [0.5, 0.6) is 0 Å². The monoisotopic (exact) mass is 439 g/mol. The molecule has 1 aliphatic rings. The molecular weight excluding hydrogens is 422 g/mol. The van der Waals surface area contributed by atoms with E-state index in [1.165, 1.54) is 6.08 Å². The van der Waals surface area contributed by atoms with Crippen molar-refractivity contribution in [3.05, 3.63) is 89.1 Å². The summed E-state index contributed by atoms with van der Waals surface area (Å²) in [5.41, 5.74) is 2.43. The van der Waals surface area contributed by atoms with Crippen molar-refractivity contribution in [3.63, 3.8) is 0 Å². The van der Waals surface area contributed by atoms with E-state index in [2.05, 4.69) is 10.6 Å². The van der Waals surface area contributed by atoms with Crippen molar-refractivity contribution in [2.24, 2.45) is 0 Å². The highest BCUT2D eigenvalue weighted by molar-refractivity contribution is 7.80. The lowest BCUT2D eigenvalue weighted by atomic mass is 10.1. The second-order valence-electron chi connectivity index (χ2n) is 7.51. The summed E-state index contributed by atoms with van der Waals surface area (Å²) in [4.78, 5) is 38.3. The highest BCUT2D eigenvalue weighted by Gasteiger charge is 2.27. The summed E-state index contributed by atoms with van der Waals surface area (Å²) in [7, 11) is 0. The van der Waals surface area contributed by atoms with Crippen molar-refractivity contribution in [2.75, 3.05) is 0 Å². The van der Waals surface area contributed by atoms with Crippen molar-refractivity contribution in [1.82, 2.24) is 15.2 Å². The smallest absolute Gasteiger partial charge is 0.263 e. The Balaban J connectivity index is 1.68. The molecule has 32 heavy (non-hydrogen) atoms. The molecule has 3 aromatic carbocycles. The van der Waals surface area contributed by atoms with Gasteiger partial charge in [0.15, 0.2) is 5.11 Å². The lowest BCUT2D eigenvalue weighted by Gasteiger charge is -2.16. The number of aromatic nitrogens is 1. The SMILES string of the molecule is Cc1c(C=C2C(=O)NC(=S)NC2=O)c2ccccc2n1C(=O)c1ccc2ccccc2c1. The van der Waals surface area contributed by atoms with E-state index in [-0.39, 0.29) is 16.6 Å². The minimum atomic E-state index is -0.573. The molecule has 1 fully saturated rings. The van der Waals surface area contributed by atoms with Gasteiger partial charge < -0.3 is 0 Å². The van der Waals surface area contributed by atoms with Crippen LogP contribution >= 0.6 is 12.2 Å². The fraction of sp³-hybridized carbons (Fsp3) is 0.0400. The Hall–Kier alpha value is -4.10. The van der Waals surface area contributed by atoms with Crippen LogP contribution in [0.15, 0.2) is 72.3 Å². The number of benzene rings is 3. The average molecular weight is 439 g/mol. The quantitative estimate of drug-likeness (QED) is 0.284. The van der Waals surface area contributed by atoms with Crippen LogP contribution in [-0.2, 0) is 9.59 Å². The van der Waals surface area contributed by atoms with E-state index < -0.39 is 11.8 Å². The minimum Gasteiger partial charge on any atom is -0.299 e. The van der Waals surface area contributed by atoms with Gasteiger partial charge in [0.05, 0.1) is 5.52 Å². The Morgan fingerprint density at radius 1 is 0.906 bits per heavy atom. The van der Waals surface area contributed by atoms with E-state index in [1.54, 1.807) is 17.6 Å². The number of hydrogen-bond donors (Lipinski definition) is 2. The van der Waals surface area contributed by atoms with Crippen LogP contribution in [0.2, 0.25) is 0 Å². The maximum absolute atomic E-state index is 13.6. The van der Waals surface area contributed by atoms with Crippen molar-refractivity contribution in [2.45, 2.75) is 6.92 Å². The molecule has 0 aliphatic carbocycles. The summed E-state index contributed by atoms with van der Waals surface area (Å²) in [6.45, 7) is 1.80. The zero-order valence-electron chi connectivity index (χ0n) is 17.0. The van der Waals surface area contributed by atoms with E-state index in [0.29, 0.717) is 22.3 Å². The molecule has 1 saturated heterocycles. The Morgan fingerprint density at radius 2 is 1.56 bits per heavy atom. The van der Waals surface area contributed by atoms with Crippen molar-refractivity contribution in [1.29, 1.82) is 0 Å². The third-order valence-corrected chi connectivity index (χ3v) is 5.80. The van der Waals surface area contributed by atoms with Crippen LogP contribution in [0.4, 0.5) is 0 Å². The zero-order chi connectivity index (χ0) is 22.4. The molecule has 0 unspecified atom stereocenters. The summed E-state index contributed by atoms with van der Waals surface area (Å²) in [5, 5.41) is 7.64. The molecule has 2 amide bonds. The first-order chi connectivity index (χ1) is 15.4. The minimum absolute atomic E-state index is 0.0252. The van der Waals surface area contributed by atoms with E-state index in [1.807, 2.05) is 60.7 Å². The standard InChI is InChI=1S/C25H17N3O3S/c1-14-19(13-20-22(29)26-25(32)27-23(20)30)18-8-4-5-9-21(18)28(14)24(31)17-11-10-15-6-2-3-7-16(15)12-17/h2-13H,1H3,(H2,26,27,29,30,32). The predicted octanol–water partition coefficient (Wildman–Crippen LogP) is 3.71. The van der Waals surface area contributed by atoms with E-state index in [0.717, 1.165) is 16.2 Å². The number of hydrogen-bond acceptors (Lipinski definition) is 4.